The summed E-state index contributed by atoms with van der Waals surface area (Å²) in [4.78, 5) is 20.9. The second kappa shape index (κ2) is 7.97. The summed E-state index contributed by atoms with van der Waals surface area (Å²) >= 11 is 5.87. The summed E-state index contributed by atoms with van der Waals surface area (Å²) < 4.78 is 0. The lowest BCUT2D eigenvalue weighted by Crippen LogP contribution is -2.15. The van der Waals surface area contributed by atoms with E-state index < -0.39 is 0 Å². The van der Waals surface area contributed by atoms with Gasteiger partial charge in [-0.1, -0.05) is 36.7 Å². The van der Waals surface area contributed by atoms with Gasteiger partial charge < -0.3 is 10.6 Å². The number of para-hydroxylation sites is 1. The highest BCUT2D eigenvalue weighted by molar-refractivity contribution is 6.30. The number of nitrogens with one attached hydrogen (secondary N) is 2. The molecule has 0 fully saturated rings. The summed E-state index contributed by atoms with van der Waals surface area (Å²) in [5.41, 5.74) is 4.19. The van der Waals surface area contributed by atoms with E-state index in [-0.39, 0.29) is 5.91 Å². The molecule has 0 bridgehead atoms. The monoisotopic (exact) mass is 366 g/mol. The van der Waals surface area contributed by atoms with Crippen LogP contribution in [0, 0.1) is 6.92 Å². The van der Waals surface area contributed by atoms with Crippen molar-refractivity contribution in [1.82, 2.24) is 9.97 Å². The Morgan fingerprint density at radius 2 is 1.77 bits per heavy atom. The van der Waals surface area contributed by atoms with Gasteiger partial charge in [0.1, 0.15) is 0 Å². The molecule has 0 saturated carbocycles. The van der Waals surface area contributed by atoms with Crippen LogP contribution in [0.3, 0.4) is 0 Å². The van der Waals surface area contributed by atoms with Gasteiger partial charge in [0.2, 0.25) is 5.95 Å². The number of anilines is 3. The molecule has 0 unspecified atom stereocenters. The highest BCUT2D eigenvalue weighted by Crippen LogP contribution is 2.22. The van der Waals surface area contributed by atoms with Gasteiger partial charge in [-0.05, 0) is 48.7 Å². The molecule has 0 aliphatic rings. The third kappa shape index (κ3) is 4.18. The van der Waals surface area contributed by atoms with Crippen molar-refractivity contribution in [3.05, 3.63) is 76.6 Å². The minimum atomic E-state index is -0.230. The molecule has 2 N–H and O–H groups in total. The van der Waals surface area contributed by atoms with Gasteiger partial charge in [0, 0.05) is 28.8 Å². The molecular weight excluding hydrogens is 348 g/mol. The third-order valence-corrected chi connectivity index (χ3v) is 4.24. The SMILES string of the molecule is CCc1cccc(C)c1NC(=O)c1cnc(Nc2ccc(Cl)cc2)nc1. The maximum atomic E-state index is 12.5. The van der Waals surface area contributed by atoms with Crippen molar-refractivity contribution in [1.29, 1.82) is 0 Å². The number of aromatic nitrogens is 2. The summed E-state index contributed by atoms with van der Waals surface area (Å²) in [7, 11) is 0. The van der Waals surface area contributed by atoms with Crippen molar-refractivity contribution < 1.29 is 4.79 Å². The van der Waals surface area contributed by atoms with Crippen LogP contribution in [-0.2, 0) is 6.42 Å². The Morgan fingerprint density at radius 3 is 2.42 bits per heavy atom. The number of nitrogens with zero attached hydrogens (tertiary/aromatic N) is 2. The molecule has 0 radical (unpaired) electrons. The molecule has 0 aliphatic carbocycles. The zero-order valence-corrected chi connectivity index (χ0v) is 15.3. The van der Waals surface area contributed by atoms with Crippen LogP contribution in [0.15, 0.2) is 54.9 Å². The van der Waals surface area contributed by atoms with E-state index in [4.69, 9.17) is 11.6 Å². The summed E-state index contributed by atoms with van der Waals surface area (Å²) in [5, 5.41) is 6.69. The first-order valence-corrected chi connectivity index (χ1v) is 8.69. The minimum absolute atomic E-state index is 0.230. The van der Waals surface area contributed by atoms with Crippen LogP contribution in [0.1, 0.15) is 28.4 Å². The van der Waals surface area contributed by atoms with Crippen LogP contribution in [0.25, 0.3) is 0 Å². The molecule has 1 heterocycles. The number of hydrogen-bond acceptors (Lipinski definition) is 4. The molecular formula is C20H19ClN4O. The van der Waals surface area contributed by atoms with Gasteiger partial charge in [0.15, 0.2) is 0 Å². The van der Waals surface area contributed by atoms with Gasteiger partial charge in [0.05, 0.1) is 5.56 Å². The number of aryl methyl sites for hydroxylation is 2. The van der Waals surface area contributed by atoms with Crippen molar-refractivity contribution >= 4 is 34.8 Å². The molecule has 1 amide bonds. The van der Waals surface area contributed by atoms with Gasteiger partial charge in [-0.2, -0.15) is 0 Å². The highest BCUT2D eigenvalue weighted by Gasteiger charge is 2.11. The quantitative estimate of drug-likeness (QED) is 0.667. The molecule has 2 aromatic carbocycles. The van der Waals surface area contributed by atoms with Crippen molar-refractivity contribution in [3.63, 3.8) is 0 Å². The van der Waals surface area contributed by atoms with Crippen molar-refractivity contribution in [2.24, 2.45) is 0 Å². The first kappa shape index (κ1) is 17.9. The fourth-order valence-electron chi connectivity index (χ4n) is 2.56. The average Bonchev–Trinajstić information content (AvgIpc) is 2.65. The predicted molar refractivity (Wildman–Crippen MR) is 105 cm³/mol. The van der Waals surface area contributed by atoms with Crippen LogP contribution < -0.4 is 10.6 Å². The van der Waals surface area contributed by atoms with Crippen LogP contribution in [0.4, 0.5) is 17.3 Å². The Hall–Kier alpha value is -2.92. The van der Waals surface area contributed by atoms with Crippen LogP contribution in [0.2, 0.25) is 5.02 Å². The first-order chi connectivity index (χ1) is 12.6. The number of carbonyl (C=O) groups is 1. The number of hydrogen-bond donors (Lipinski definition) is 2. The Balaban J connectivity index is 1.72. The number of benzene rings is 2. The molecule has 5 nitrogen and oxygen atoms in total. The molecule has 0 aliphatic heterocycles. The molecule has 0 spiro atoms. The Bertz CT molecular complexity index is 908. The lowest BCUT2D eigenvalue weighted by molar-refractivity contribution is 0.102. The molecule has 26 heavy (non-hydrogen) atoms. The smallest absolute Gasteiger partial charge is 0.258 e. The van der Waals surface area contributed by atoms with E-state index in [9.17, 15) is 4.79 Å². The molecule has 0 saturated heterocycles. The van der Waals surface area contributed by atoms with Crippen LogP contribution in [-0.4, -0.2) is 15.9 Å². The summed E-state index contributed by atoms with van der Waals surface area (Å²) in [6.45, 7) is 4.04. The standard InChI is InChI=1S/C20H19ClN4O/c1-3-14-6-4-5-13(2)18(14)25-19(26)15-11-22-20(23-12-15)24-17-9-7-16(21)8-10-17/h4-12H,3H2,1-2H3,(H,25,26)(H,22,23,24). The van der Waals surface area contributed by atoms with Gasteiger partial charge in [0.25, 0.3) is 5.91 Å². The number of halogens is 1. The van der Waals surface area contributed by atoms with Crippen molar-refractivity contribution in [3.8, 4) is 0 Å². The van der Waals surface area contributed by atoms with E-state index in [1.807, 2.05) is 37.3 Å². The molecule has 3 rings (SSSR count). The first-order valence-electron chi connectivity index (χ1n) is 8.31. The van der Waals surface area contributed by atoms with E-state index in [0.29, 0.717) is 16.5 Å². The van der Waals surface area contributed by atoms with E-state index in [1.54, 1.807) is 12.1 Å². The van der Waals surface area contributed by atoms with E-state index >= 15 is 0 Å². The molecule has 3 aromatic rings. The number of amides is 1. The Morgan fingerprint density at radius 1 is 1.08 bits per heavy atom. The van der Waals surface area contributed by atoms with Crippen molar-refractivity contribution in [2.75, 3.05) is 10.6 Å². The number of rotatable bonds is 5. The minimum Gasteiger partial charge on any atom is -0.324 e. The van der Waals surface area contributed by atoms with Gasteiger partial charge >= 0.3 is 0 Å². The highest BCUT2D eigenvalue weighted by atomic mass is 35.5. The fraction of sp³-hybridized carbons (Fsp3) is 0.150. The molecule has 0 atom stereocenters. The largest absolute Gasteiger partial charge is 0.324 e. The Labute approximate surface area is 157 Å². The third-order valence-electron chi connectivity index (χ3n) is 3.99. The number of carbonyl (C=O) groups excluding carboxylic acids is 1. The molecule has 1 aromatic heterocycles. The molecule has 132 valence electrons. The molecule has 6 heteroatoms. The lowest BCUT2D eigenvalue weighted by Gasteiger charge is -2.13. The maximum absolute atomic E-state index is 12.5. The topological polar surface area (TPSA) is 66.9 Å². The summed E-state index contributed by atoms with van der Waals surface area (Å²) in [6.07, 6.45) is 3.85. The van der Waals surface area contributed by atoms with E-state index in [2.05, 4.69) is 27.5 Å². The zero-order valence-electron chi connectivity index (χ0n) is 14.6. The second-order valence-corrected chi connectivity index (χ2v) is 6.28. The lowest BCUT2D eigenvalue weighted by atomic mass is 10.1. The Kier molecular flexibility index (Phi) is 5.49. The van der Waals surface area contributed by atoms with Crippen molar-refractivity contribution in [2.45, 2.75) is 20.3 Å². The zero-order chi connectivity index (χ0) is 18.5. The van der Waals surface area contributed by atoms with E-state index in [1.165, 1.54) is 12.4 Å². The van der Waals surface area contributed by atoms with Gasteiger partial charge in [-0.15, -0.1) is 0 Å². The van der Waals surface area contributed by atoms with Crippen LogP contribution in [0.5, 0.6) is 0 Å². The summed E-state index contributed by atoms with van der Waals surface area (Å²) in [6, 6.07) is 13.2. The fourth-order valence-corrected chi connectivity index (χ4v) is 2.69. The van der Waals surface area contributed by atoms with Gasteiger partial charge in [-0.3, -0.25) is 4.79 Å². The average molecular weight is 367 g/mol. The second-order valence-electron chi connectivity index (χ2n) is 5.84. The predicted octanol–water partition coefficient (Wildman–Crippen LogP) is 5.00. The maximum Gasteiger partial charge on any atom is 0.258 e. The van der Waals surface area contributed by atoms with Gasteiger partial charge in [-0.25, -0.2) is 9.97 Å². The van der Waals surface area contributed by atoms with E-state index in [0.717, 1.165) is 28.9 Å². The van der Waals surface area contributed by atoms with Crippen LogP contribution >= 0.6 is 11.6 Å². The summed E-state index contributed by atoms with van der Waals surface area (Å²) in [5.74, 6) is 0.182. The normalized spacial score (nSPS) is 10.4.